The van der Waals surface area contributed by atoms with Crippen LogP contribution in [0.2, 0.25) is 5.02 Å². The minimum atomic E-state index is -0.272. The second-order valence-electron chi connectivity index (χ2n) is 6.33. The van der Waals surface area contributed by atoms with Gasteiger partial charge in [-0.2, -0.15) is 5.10 Å². The summed E-state index contributed by atoms with van der Waals surface area (Å²) in [5.74, 6) is 0. The number of unbranched alkanes of at least 4 members (excludes halogenated alkanes) is 1. The van der Waals surface area contributed by atoms with E-state index in [1.54, 1.807) is 6.20 Å². The van der Waals surface area contributed by atoms with Crippen LogP contribution in [0.4, 0.5) is 5.69 Å². The van der Waals surface area contributed by atoms with Gasteiger partial charge in [0.05, 0.1) is 11.9 Å². The van der Waals surface area contributed by atoms with Crippen molar-refractivity contribution in [2.75, 3.05) is 11.9 Å². The number of aliphatic hydroxyl groups is 1. The Balaban J connectivity index is 2.98. The summed E-state index contributed by atoms with van der Waals surface area (Å²) in [6.07, 6.45) is 4.06. The summed E-state index contributed by atoms with van der Waals surface area (Å²) in [6, 6.07) is 0.00712. The predicted octanol–water partition coefficient (Wildman–Crippen LogP) is 2.91. The molecule has 0 amide bonds. The molecule has 0 aromatic carbocycles. The molecule has 1 aromatic heterocycles. The van der Waals surface area contributed by atoms with Crippen molar-refractivity contribution in [3.8, 4) is 0 Å². The number of aromatic nitrogens is 2. The molecule has 1 unspecified atom stereocenters. The minimum absolute atomic E-state index is 0.00712. The van der Waals surface area contributed by atoms with E-state index in [1.165, 1.54) is 4.68 Å². The maximum Gasteiger partial charge on any atom is 0.287 e. The Hall–Kier alpha value is -1.07. The third-order valence-corrected chi connectivity index (χ3v) is 3.87. The fraction of sp³-hybridized carbons (Fsp3) is 0.733. The molecule has 0 fully saturated rings. The Labute approximate surface area is 131 Å². The lowest BCUT2D eigenvalue weighted by molar-refractivity contribution is 0.235. The van der Waals surface area contributed by atoms with Gasteiger partial charge in [-0.05, 0) is 18.3 Å². The van der Waals surface area contributed by atoms with Crippen molar-refractivity contribution in [2.45, 2.75) is 59.5 Å². The first-order valence-electron chi connectivity index (χ1n) is 7.44. The zero-order valence-corrected chi connectivity index (χ0v) is 14.1. The molecule has 0 radical (unpaired) electrons. The minimum Gasteiger partial charge on any atom is -0.396 e. The first-order chi connectivity index (χ1) is 9.81. The second kappa shape index (κ2) is 7.80. The number of hydrogen-bond acceptors (Lipinski definition) is 4. The lowest BCUT2D eigenvalue weighted by Crippen LogP contribution is -2.36. The molecule has 2 N–H and O–H groups in total. The van der Waals surface area contributed by atoms with Crippen LogP contribution in [0.3, 0.4) is 0 Å². The predicted molar refractivity (Wildman–Crippen MR) is 87.0 cm³/mol. The van der Waals surface area contributed by atoms with Crippen LogP contribution in [-0.4, -0.2) is 27.5 Å². The molecule has 0 saturated carbocycles. The maximum atomic E-state index is 12.2. The lowest BCUT2D eigenvalue weighted by Gasteiger charge is -2.32. The Morgan fingerprint density at radius 1 is 1.48 bits per heavy atom. The van der Waals surface area contributed by atoms with Crippen molar-refractivity contribution in [3.05, 3.63) is 21.6 Å². The van der Waals surface area contributed by atoms with E-state index in [9.17, 15) is 9.90 Å². The average molecular weight is 316 g/mol. The quantitative estimate of drug-likeness (QED) is 0.812. The normalized spacial score (nSPS) is 13.2. The van der Waals surface area contributed by atoms with Gasteiger partial charge in [-0.3, -0.25) is 4.79 Å². The monoisotopic (exact) mass is 315 g/mol. The number of aryl methyl sites for hydroxylation is 1. The highest BCUT2D eigenvalue weighted by Gasteiger charge is 2.25. The summed E-state index contributed by atoms with van der Waals surface area (Å²) in [4.78, 5) is 12.2. The molecule has 0 aliphatic heterocycles. The van der Waals surface area contributed by atoms with Gasteiger partial charge in [0.25, 0.3) is 5.56 Å². The third-order valence-electron chi connectivity index (χ3n) is 3.50. The molecule has 1 atom stereocenters. The number of nitrogens with zero attached hydrogens (tertiary/aromatic N) is 2. The third kappa shape index (κ3) is 5.00. The smallest absolute Gasteiger partial charge is 0.287 e. The van der Waals surface area contributed by atoms with E-state index < -0.39 is 0 Å². The van der Waals surface area contributed by atoms with Crippen molar-refractivity contribution >= 4 is 17.3 Å². The molecule has 5 nitrogen and oxygen atoms in total. The maximum absolute atomic E-state index is 12.2. The molecule has 6 heteroatoms. The molecule has 1 heterocycles. The van der Waals surface area contributed by atoms with Crippen LogP contribution in [-0.2, 0) is 6.54 Å². The van der Waals surface area contributed by atoms with Gasteiger partial charge in [0, 0.05) is 19.2 Å². The summed E-state index contributed by atoms with van der Waals surface area (Å²) < 4.78 is 1.40. The first kappa shape index (κ1) is 18.0. The summed E-state index contributed by atoms with van der Waals surface area (Å²) in [7, 11) is 0. The van der Waals surface area contributed by atoms with E-state index in [0.29, 0.717) is 18.7 Å². The molecular weight excluding hydrogens is 290 g/mol. The summed E-state index contributed by atoms with van der Waals surface area (Å²) in [5.41, 5.74) is 0.193. The Morgan fingerprint density at radius 3 is 2.67 bits per heavy atom. The zero-order valence-electron chi connectivity index (χ0n) is 13.3. The van der Waals surface area contributed by atoms with Gasteiger partial charge in [0.1, 0.15) is 5.02 Å². The van der Waals surface area contributed by atoms with E-state index in [1.807, 2.05) is 0 Å². The number of anilines is 1. The van der Waals surface area contributed by atoms with Gasteiger partial charge >= 0.3 is 0 Å². The zero-order chi connectivity index (χ0) is 16.0. The fourth-order valence-corrected chi connectivity index (χ4v) is 2.27. The molecule has 1 rings (SSSR count). The Bertz CT molecular complexity index is 509. The number of aliphatic hydroxyl groups excluding tert-OH is 1. The van der Waals surface area contributed by atoms with Crippen LogP contribution < -0.4 is 10.9 Å². The largest absolute Gasteiger partial charge is 0.396 e. The lowest BCUT2D eigenvalue weighted by atomic mass is 9.85. The van der Waals surface area contributed by atoms with E-state index in [4.69, 9.17) is 11.6 Å². The van der Waals surface area contributed by atoms with Gasteiger partial charge in [-0.15, -0.1) is 0 Å². The van der Waals surface area contributed by atoms with Crippen molar-refractivity contribution in [1.82, 2.24) is 9.78 Å². The van der Waals surface area contributed by atoms with E-state index in [-0.39, 0.29) is 28.6 Å². The average Bonchev–Trinajstić information content (AvgIpc) is 2.41. The van der Waals surface area contributed by atoms with Gasteiger partial charge < -0.3 is 10.4 Å². The van der Waals surface area contributed by atoms with Crippen LogP contribution >= 0.6 is 11.6 Å². The number of rotatable bonds is 7. The summed E-state index contributed by atoms with van der Waals surface area (Å²) >= 11 is 6.17. The first-order valence-corrected chi connectivity index (χ1v) is 7.82. The van der Waals surface area contributed by atoms with Crippen LogP contribution in [0.15, 0.2) is 11.0 Å². The summed E-state index contributed by atoms with van der Waals surface area (Å²) in [5, 5.41) is 16.8. The molecule has 0 saturated heterocycles. The topological polar surface area (TPSA) is 67.2 Å². The number of hydrogen-bond donors (Lipinski definition) is 2. The highest BCUT2D eigenvalue weighted by Crippen LogP contribution is 2.27. The van der Waals surface area contributed by atoms with Gasteiger partial charge in [-0.25, -0.2) is 4.68 Å². The van der Waals surface area contributed by atoms with Crippen molar-refractivity contribution in [3.63, 3.8) is 0 Å². The van der Waals surface area contributed by atoms with Crippen LogP contribution in [0.5, 0.6) is 0 Å². The van der Waals surface area contributed by atoms with E-state index in [0.717, 1.165) is 12.8 Å². The molecule has 0 aliphatic carbocycles. The van der Waals surface area contributed by atoms with Crippen LogP contribution in [0, 0.1) is 5.41 Å². The summed E-state index contributed by atoms with van der Waals surface area (Å²) in [6.45, 7) is 8.94. The number of nitrogens with one attached hydrogen (secondary N) is 1. The van der Waals surface area contributed by atoms with E-state index >= 15 is 0 Å². The Kier molecular flexibility index (Phi) is 6.68. The van der Waals surface area contributed by atoms with Gasteiger partial charge in [0.15, 0.2) is 0 Å². The van der Waals surface area contributed by atoms with Crippen molar-refractivity contribution in [1.29, 1.82) is 0 Å². The molecule has 21 heavy (non-hydrogen) atoms. The molecule has 0 aliphatic rings. The van der Waals surface area contributed by atoms with Crippen molar-refractivity contribution in [2.24, 2.45) is 5.41 Å². The van der Waals surface area contributed by atoms with Gasteiger partial charge in [-0.1, -0.05) is 45.7 Å². The molecule has 0 bridgehead atoms. The van der Waals surface area contributed by atoms with E-state index in [2.05, 4.69) is 38.1 Å². The van der Waals surface area contributed by atoms with Crippen LogP contribution in [0.1, 0.15) is 47.0 Å². The highest BCUT2D eigenvalue weighted by atomic mass is 35.5. The van der Waals surface area contributed by atoms with Gasteiger partial charge in [0.2, 0.25) is 0 Å². The standard InChI is InChI=1S/C15H26ClN3O2/c1-5-6-8-19-14(21)13(16)11(10-17-19)18-12(7-9-20)15(2,3)4/h10,12,18,20H,5-9H2,1-4H3. The second-order valence-corrected chi connectivity index (χ2v) is 6.71. The SMILES string of the molecule is CCCCn1ncc(NC(CCO)C(C)(C)C)c(Cl)c1=O. The number of halogens is 1. The fourth-order valence-electron chi connectivity index (χ4n) is 2.07. The van der Waals surface area contributed by atoms with Crippen molar-refractivity contribution < 1.29 is 5.11 Å². The highest BCUT2D eigenvalue weighted by molar-refractivity contribution is 6.32. The molecule has 120 valence electrons. The molecule has 1 aromatic rings. The molecular formula is C15H26ClN3O2. The Morgan fingerprint density at radius 2 is 2.14 bits per heavy atom. The van der Waals surface area contributed by atoms with Crippen LogP contribution in [0.25, 0.3) is 0 Å². The molecule has 0 spiro atoms.